The van der Waals surface area contributed by atoms with Crippen LogP contribution in [0.5, 0.6) is 0 Å². The fourth-order valence-electron chi connectivity index (χ4n) is 1.89. The first-order valence-corrected chi connectivity index (χ1v) is 7.11. The standard InChI is InChI=1S/C18H15F3N2O/c1-14(17(24)18(19,20)21)13-23(16-10-6-3-7-11-16)22-12-15-8-4-2-5-9-15/h2-13H,1H3/b14-13+,22-12+. The van der Waals surface area contributed by atoms with E-state index in [0.717, 1.165) is 18.7 Å². The summed E-state index contributed by atoms with van der Waals surface area (Å²) in [4.78, 5) is 11.3. The summed E-state index contributed by atoms with van der Waals surface area (Å²) in [6.07, 6.45) is -2.33. The molecule has 0 amide bonds. The number of anilines is 1. The number of carbonyl (C=O) groups is 1. The summed E-state index contributed by atoms with van der Waals surface area (Å²) in [5.74, 6) is -1.89. The van der Waals surface area contributed by atoms with E-state index in [0.29, 0.717) is 5.69 Å². The number of para-hydroxylation sites is 1. The first-order chi connectivity index (χ1) is 11.4. The van der Waals surface area contributed by atoms with Crippen molar-refractivity contribution in [2.75, 3.05) is 5.01 Å². The maximum atomic E-state index is 12.6. The van der Waals surface area contributed by atoms with Crippen LogP contribution in [0.15, 0.2) is 77.5 Å². The van der Waals surface area contributed by atoms with E-state index >= 15 is 0 Å². The molecule has 0 heterocycles. The van der Waals surface area contributed by atoms with E-state index in [1.165, 1.54) is 11.2 Å². The van der Waals surface area contributed by atoms with Gasteiger partial charge in [-0.15, -0.1) is 0 Å². The van der Waals surface area contributed by atoms with Gasteiger partial charge in [0.2, 0.25) is 0 Å². The summed E-state index contributed by atoms with van der Waals surface area (Å²) in [7, 11) is 0. The number of Topliss-reactive ketones (excluding diaryl/α,β-unsaturated/α-hetero) is 1. The molecule has 0 saturated heterocycles. The molecule has 0 N–H and O–H groups in total. The number of hydrogen-bond acceptors (Lipinski definition) is 3. The van der Waals surface area contributed by atoms with Gasteiger partial charge in [-0.3, -0.25) is 4.79 Å². The number of ketones is 1. The summed E-state index contributed by atoms with van der Waals surface area (Å²) < 4.78 is 37.7. The number of hydrazone groups is 1. The van der Waals surface area contributed by atoms with Gasteiger partial charge in [0, 0.05) is 11.8 Å². The van der Waals surface area contributed by atoms with Crippen LogP contribution < -0.4 is 5.01 Å². The molecule has 0 aliphatic carbocycles. The Bertz CT molecular complexity index is 738. The van der Waals surface area contributed by atoms with Gasteiger partial charge in [-0.2, -0.15) is 18.3 Å². The first-order valence-electron chi connectivity index (χ1n) is 7.11. The number of carbonyl (C=O) groups excluding carboxylic acids is 1. The summed E-state index contributed by atoms with van der Waals surface area (Å²) in [6, 6.07) is 17.7. The number of allylic oxidation sites excluding steroid dienone is 1. The van der Waals surface area contributed by atoms with Gasteiger partial charge in [-0.1, -0.05) is 48.5 Å². The predicted octanol–water partition coefficient (Wildman–Crippen LogP) is 4.56. The third kappa shape index (κ3) is 4.81. The molecule has 0 atom stereocenters. The Hall–Kier alpha value is -2.89. The van der Waals surface area contributed by atoms with E-state index in [9.17, 15) is 18.0 Å². The van der Waals surface area contributed by atoms with Crippen molar-refractivity contribution in [1.29, 1.82) is 0 Å². The SMILES string of the molecule is C/C(=C\N(/N=C/c1ccccc1)c1ccccc1)C(=O)C(F)(F)F. The van der Waals surface area contributed by atoms with Crippen molar-refractivity contribution in [1.82, 2.24) is 0 Å². The minimum Gasteiger partial charge on any atom is -0.284 e. The third-order valence-corrected chi connectivity index (χ3v) is 3.08. The molecule has 0 radical (unpaired) electrons. The van der Waals surface area contributed by atoms with Crippen molar-refractivity contribution in [2.24, 2.45) is 5.10 Å². The van der Waals surface area contributed by atoms with Crippen LogP contribution in [0.2, 0.25) is 0 Å². The van der Waals surface area contributed by atoms with Crippen LogP contribution in [0, 0.1) is 0 Å². The van der Waals surface area contributed by atoms with Crippen molar-refractivity contribution < 1.29 is 18.0 Å². The third-order valence-electron chi connectivity index (χ3n) is 3.08. The Morgan fingerprint density at radius 1 is 1.00 bits per heavy atom. The smallest absolute Gasteiger partial charge is 0.284 e. The molecule has 0 saturated carbocycles. The van der Waals surface area contributed by atoms with E-state index in [-0.39, 0.29) is 0 Å². The summed E-state index contributed by atoms with van der Waals surface area (Å²) in [6.45, 7) is 1.11. The lowest BCUT2D eigenvalue weighted by molar-refractivity contribution is -0.166. The lowest BCUT2D eigenvalue weighted by atomic mass is 10.2. The van der Waals surface area contributed by atoms with Crippen molar-refractivity contribution >= 4 is 17.7 Å². The largest absolute Gasteiger partial charge is 0.454 e. The van der Waals surface area contributed by atoms with Gasteiger partial charge in [0.05, 0.1) is 11.9 Å². The first kappa shape index (κ1) is 17.5. The second-order valence-electron chi connectivity index (χ2n) is 4.97. The quantitative estimate of drug-likeness (QED) is 0.457. The van der Waals surface area contributed by atoms with Crippen LogP contribution in [0.1, 0.15) is 12.5 Å². The number of hydrogen-bond donors (Lipinski definition) is 0. The molecule has 0 aliphatic rings. The van der Waals surface area contributed by atoms with E-state index in [1.54, 1.807) is 30.3 Å². The fraction of sp³-hybridized carbons (Fsp3) is 0.111. The molecule has 0 aromatic heterocycles. The minimum absolute atomic E-state index is 0.448. The Morgan fingerprint density at radius 3 is 2.08 bits per heavy atom. The maximum Gasteiger partial charge on any atom is 0.454 e. The maximum absolute atomic E-state index is 12.6. The zero-order valence-corrected chi connectivity index (χ0v) is 12.9. The number of alkyl halides is 3. The monoisotopic (exact) mass is 332 g/mol. The summed E-state index contributed by atoms with van der Waals surface area (Å²) >= 11 is 0. The van der Waals surface area contributed by atoms with Gasteiger partial charge in [-0.05, 0) is 24.6 Å². The molecule has 24 heavy (non-hydrogen) atoms. The zero-order chi connectivity index (χ0) is 17.6. The average Bonchev–Trinajstić information content (AvgIpc) is 2.58. The molecule has 0 unspecified atom stereocenters. The molecule has 124 valence electrons. The molecule has 3 nitrogen and oxygen atoms in total. The normalized spacial score (nSPS) is 12.4. The fourth-order valence-corrected chi connectivity index (χ4v) is 1.89. The van der Waals surface area contributed by atoms with Gasteiger partial charge in [0.25, 0.3) is 5.78 Å². The summed E-state index contributed by atoms with van der Waals surface area (Å²) in [5, 5.41) is 5.42. The van der Waals surface area contributed by atoms with Crippen LogP contribution in [0.25, 0.3) is 0 Å². The summed E-state index contributed by atoms with van der Waals surface area (Å²) in [5.41, 5.74) is 0.877. The highest BCUT2D eigenvalue weighted by atomic mass is 19.4. The lowest BCUT2D eigenvalue weighted by Crippen LogP contribution is -2.25. The molecule has 0 bridgehead atoms. The van der Waals surface area contributed by atoms with Gasteiger partial charge in [0.15, 0.2) is 0 Å². The van der Waals surface area contributed by atoms with Gasteiger partial charge >= 0.3 is 6.18 Å². The predicted molar refractivity (Wildman–Crippen MR) is 87.8 cm³/mol. The number of nitrogens with zero attached hydrogens (tertiary/aromatic N) is 2. The molecule has 0 fully saturated rings. The highest BCUT2D eigenvalue weighted by Crippen LogP contribution is 2.22. The van der Waals surface area contributed by atoms with Crippen molar-refractivity contribution in [3.8, 4) is 0 Å². The van der Waals surface area contributed by atoms with E-state index < -0.39 is 17.5 Å². The lowest BCUT2D eigenvalue weighted by Gasteiger charge is -2.16. The number of benzene rings is 2. The average molecular weight is 332 g/mol. The molecule has 2 rings (SSSR count). The molecule has 2 aromatic rings. The Morgan fingerprint density at radius 2 is 1.54 bits per heavy atom. The van der Waals surface area contributed by atoms with Crippen LogP contribution in [0.3, 0.4) is 0 Å². The van der Waals surface area contributed by atoms with Gasteiger partial charge in [-0.25, -0.2) is 5.01 Å². The molecular formula is C18H15F3N2O. The van der Waals surface area contributed by atoms with Crippen molar-refractivity contribution in [2.45, 2.75) is 13.1 Å². The van der Waals surface area contributed by atoms with Crippen molar-refractivity contribution in [3.05, 3.63) is 78.0 Å². The van der Waals surface area contributed by atoms with E-state index in [1.807, 2.05) is 30.3 Å². The Balaban J connectivity index is 2.34. The second-order valence-corrected chi connectivity index (χ2v) is 4.97. The molecule has 0 spiro atoms. The Labute approximate surface area is 137 Å². The van der Waals surface area contributed by atoms with Crippen LogP contribution in [-0.2, 0) is 4.79 Å². The molecule has 0 aliphatic heterocycles. The molecular weight excluding hydrogens is 317 g/mol. The van der Waals surface area contributed by atoms with E-state index in [2.05, 4.69) is 5.10 Å². The van der Waals surface area contributed by atoms with Crippen LogP contribution in [-0.4, -0.2) is 18.2 Å². The topological polar surface area (TPSA) is 32.7 Å². The minimum atomic E-state index is -4.91. The van der Waals surface area contributed by atoms with E-state index in [4.69, 9.17) is 0 Å². The highest BCUT2D eigenvalue weighted by molar-refractivity contribution is 5.99. The molecule has 6 heteroatoms. The second kappa shape index (κ2) is 7.59. The molecule has 2 aromatic carbocycles. The van der Waals surface area contributed by atoms with Crippen LogP contribution in [0.4, 0.5) is 18.9 Å². The number of rotatable bonds is 5. The Kier molecular flexibility index (Phi) is 5.52. The number of halogens is 3. The van der Waals surface area contributed by atoms with Crippen LogP contribution >= 0.6 is 0 Å². The zero-order valence-electron chi connectivity index (χ0n) is 12.9. The highest BCUT2D eigenvalue weighted by Gasteiger charge is 2.39. The van der Waals surface area contributed by atoms with Gasteiger partial charge < -0.3 is 0 Å². The van der Waals surface area contributed by atoms with Crippen molar-refractivity contribution in [3.63, 3.8) is 0 Å². The van der Waals surface area contributed by atoms with Gasteiger partial charge in [0.1, 0.15) is 0 Å².